The first-order chi connectivity index (χ1) is 9.78. The predicted molar refractivity (Wildman–Crippen MR) is 88.2 cm³/mol. The first-order valence-electron chi connectivity index (χ1n) is 8.05. The third-order valence-electron chi connectivity index (χ3n) is 4.81. The van der Waals surface area contributed by atoms with Gasteiger partial charge in [-0.3, -0.25) is 0 Å². The van der Waals surface area contributed by atoms with Crippen molar-refractivity contribution in [1.29, 1.82) is 0 Å². The van der Waals surface area contributed by atoms with E-state index in [-0.39, 0.29) is 11.9 Å². The van der Waals surface area contributed by atoms with E-state index in [2.05, 4.69) is 18.7 Å². The van der Waals surface area contributed by atoms with Gasteiger partial charge in [-0.25, -0.2) is 4.39 Å². The Morgan fingerprint density at radius 2 is 1.95 bits per heavy atom. The number of hydrogen-bond acceptors (Lipinski definition) is 2. The molecule has 1 aromatic rings. The highest BCUT2D eigenvalue weighted by Crippen LogP contribution is 2.38. The maximum atomic E-state index is 14.4. The molecule has 1 unspecified atom stereocenters. The molecule has 2 rings (SSSR count). The van der Waals surface area contributed by atoms with Crippen molar-refractivity contribution in [2.24, 2.45) is 11.1 Å². The average molecular weight is 292 g/mol. The van der Waals surface area contributed by atoms with Crippen molar-refractivity contribution in [3.05, 3.63) is 29.6 Å². The second kappa shape index (κ2) is 6.35. The summed E-state index contributed by atoms with van der Waals surface area (Å²) in [5, 5.41) is 0. The molecule has 0 radical (unpaired) electrons. The molecule has 118 valence electrons. The van der Waals surface area contributed by atoms with Gasteiger partial charge in [-0.15, -0.1) is 0 Å². The molecule has 0 bridgehead atoms. The fourth-order valence-electron chi connectivity index (χ4n) is 3.30. The minimum Gasteiger partial charge on any atom is -0.369 e. The van der Waals surface area contributed by atoms with Gasteiger partial charge in [-0.2, -0.15) is 0 Å². The zero-order valence-corrected chi connectivity index (χ0v) is 13.8. The molecule has 0 amide bonds. The molecule has 1 saturated carbocycles. The summed E-state index contributed by atoms with van der Waals surface area (Å²) < 4.78 is 14.4. The van der Waals surface area contributed by atoms with Crippen molar-refractivity contribution in [2.45, 2.75) is 65.0 Å². The molecule has 1 atom stereocenters. The van der Waals surface area contributed by atoms with Crippen LogP contribution < -0.4 is 10.6 Å². The largest absolute Gasteiger partial charge is 0.369 e. The van der Waals surface area contributed by atoms with Crippen molar-refractivity contribution >= 4 is 5.69 Å². The highest BCUT2D eigenvalue weighted by atomic mass is 19.1. The van der Waals surface area contributed by atoms with E-state index in [0.717, 1.165) is 24.8 Å². The fraction of sp³-hybridized carbons (Fsp3) is 0.667. The molecule has 21 heavy (non-hydrogen) atoms. The Balaban J connectivity index is 2.07. The van der Waals surface area contributed by atoms with E-state index in [1.54, 1.807) is 6.07 Å². The first-order valence-corrected chi connectivity index (χ1v) is 8.05. The number of nitrogens with zero attached hydrogens (tertiary/aromatic N) is 1. The lowest BCUT2D eigenvalue weighted by Crippen LogP contribution is -2.37. The zero-order valence-electron chi connectivity index (χ0n) is 13.8. The van der Waals surface area contributed by atoms with Crippen LogP contribution in [0.4, 0.5) is 10.1 Å². The molecule has 1 aliphatic rings. The highest BCUT2D eigenvalue weighted by molar-refractivity contribution is 5.49. The number of nitrogens with two attached hydrogens (primary N) is 1. The SMILES string of the molecule is CC(N)Cc1ccc(N(C)C2CCC(C)(C)CC2)c(F)c1. The molecule has 1 fully saturated rings. The average Bonchev–Trinajstić information content (AvgIpc) is 2.37. The molecule has 0 spiro atoms. The molecule has 0 aromatic heterocycles. The van der Waals surface area contributed by atoms with Crippen LogP contribution in [0.15, 0.2) is 18.2 Å². The van der Waals surface area contributed by atoms with E-state index in [0.29, 0.717) is 17.1 Å². The van der Waals surface area contributed by atoms with Crippen LogP contribution in [0.25, 0.3) is 0 Å². The molecule has 0 aliphatic heterocycles. The van der Waals surface area contributed by atoms with E-state index in [4.69, 9.17) is 5.73 Å². The minimum absolute atomic E-state index is 0.0635. The lowest BCUT2D eigenvalue weighted by atomic mass is 9.75. The normalized spacial score (nSPS) is 20.3. The first kappa shape index (κ1) is 16.3. The molecule has 1 aliphatic carbocycles. The van der Waals surface area contributed by atoms with E-state index >= 15 is 0 Å². The highest BCUT2D eigenvalue weighted by Gasteiger charge is 2.29. The number of rotatable bonds is 4. The van der Waals surface area contributed by atoms with Crippen LogP contribution in [0.3, 0.4) is 0 Å². The van der Waals surface area contributed by atoms with Crippen LogP contribution in [0.5, 0.6) is 0 Å². The number of hydrogen-bond donors (Lipinski definition) is 1. The van der Waals surface area contributed by atoms with Crippen LogP contribution >= 0.6 is 0 Å². The maximum absolute atomic E-state index is 14.4. The van der Waals surface area contributed by atoms with E-state index in [1.807, 2.05) is 26.1 Å². The fourth-order valence-corrected chi connectivity index (χ4v) is 3.30. The standard InChI is InChI=1S/C18H29FN2/c1-13(20)11-14-5-6-17(16(19)12-14)21(4)15-7-9-18(2,3)10-8-15/h5-6,12-13,15H,7-11,20H2,1-4H3. The van der Waals surface area contributed by atoms with E-state index in [1.165, 1.54) is 12.8 Å². The quantitative estimate of drug-likeness (QED) is 0.904. The second-order valence-corrected chi connectivity index (χ2v) is 7.47. The monoisotopic (exact) mass is 292 g/mol. The van der Waals surface area contributed by atoms with Crippen LogP contribution in [0.2, 0.25) is 0 Å². The van der Waals surface area contributed by atoms with Crippen molar-refractivity contribution in [2.75, 3.05) is 11.9 Å². The number of benzene rings is 1. The third kappa shape index (κ3) is 4.19. The molecule has 3 heteroatoms. The Kier molecular flexibility index (Phi) is 4.92. The van der Waals surface area contributed by atoms with Gasteiger partial charge in [0.15, 0.2) is 0 Å². The molecule has 1 aromatic carbocycles. The molecule has 2 nitrogen and oxygen atoms in total. The van der Waals surface area contributed by atoms with E-state index < -0.39 is 0 Å². The molecular formula is C18H29FN2. The summed E-state index contributed by atoms with van der Waals surface area (Å²) in [5.74, 6) is -0.125. The summed E-state index contributed by atoms with van der Waals surface area (Å²) in [7, 11) is 2.02. The lowest BCUT2D eigenvalue weighted by molar-refractivity contribution is 0.222. The van der Waals surface area contributed by atoms with Gasteiger partial charge in [0.2, 0.25) is 0 Å². The summed E-state index contributed by atoms with van der Waals surface area (Å²) in [4.78, 5) is 2.13. The Morgan fingerprint density at radius 3 is 2.48 bits per heavy atom. The van der Waals surface area contributed by atoms with Crippen molar-refractivity contribution in [1.82, 2.24) is 0 Å². The van der Waals surface area contributed by atoms with Crippen molar-refractivity contribution < 1.29 is 4.39 Å². The summed E-state index contributed by atoms with van der Waals surface area (Å²) in [6.07, 6.45) is 5.44. The Morgan fingerprint density at radius 1 is 1.33 bits per heavy atom. The van der Waals surface area contributed by atoms with Gasteiger partial charge < -0.3 is 10.6 Å². The number of anilines is 1. The zero-order chi connectivity index (χ0) is 15.6. The van der Waals surface area contributed by atoms with Gasteiger partial charge in [0.1, 0.15) is 5.82 Å². The lowest BCUT2D eigenvalue weighted by Gasteiger charge is -2.39. The molecule has 2 N–H and O–H groups in total. The van der Waals surface area contributed by atoms with E-state index in [9.17, 15) is 4.39 Å². The van der Waals surface area contributed by atoms with Gasteiger partial charge in [0, 0.05) is 19.1 Å². The van der Waals surface area contributed by atoms with Crippen LogP contribution in [0, 0.1) is 11.2 Å². The Bertz CT molecular complexity index is 472. The summed E-state index contributed by atoms with van der Waals surface area (Å²) in [6.45, 7) is 6.60. The molecule has 0 saturated heterocycles. The summed E-state index contributed by atoms with van der Waals surface area (Å²) >= 11 is 0. The summed E-state index contributed by atoms with van der Waals surface area (Å²) in [6, 6.07) is 6.07. The van der Waals surface area contributed by atoms with Crippen molar-refractivity contribution in [3.8, 4) is 0 Å². The summed E-state index contributed by atoms with van der Waals surface area (Å²) in [5.41, 5.74) is 7.92. The topological polar surface area (TPSA) is 29.3 Å². The molecular weight excluding hydrogens is 263 g/mol. The van der Waals surface area contributed by atoms with Gasteiger partial charge >= 0.3 is 0 Å². The Hall–Kier alpha value is -1.09. The smallest absolute Gasteiger partial charge is 0.146 e. The Labute approximate surface area is 128 Å². The van der Waals surface area contributed by atoms with Gasteiger partial charge in [0.05, 0.1) is 5.69 Å². The predicted octanol–water partition coefficient (Wildman–Crippen LogP) is 4.12. The van der Waals surface area contributed by atoms with Gasteiger partial charge in [0.25, 0.3) is 0 Å². The van der Waals surface area contributed by atoms with Gasteiger partial charge in [-0.1, -0.05) is 19.9 Å². The van der Waals surface area contributed by atoms with Gasteiger partial charge in [-0.05, 0) is 62.1 Å². The third-order valence-corrected chi connectivity index (χ3v) is 4.81. The van der Waals surface area contributed by atoms with Crippen molar-refractivity contribution in [3.63, 3.8) is 0 Å². The van der Waals surface area contributed by atoms with Crippen LogP contribution in [0.1, 0.15) is 52.0 Å². The molecule has 0 heterocycles. The maximum Gasteiger partial charge on any atom is 0.146 e. The van der Waals surface area contributed by atoms with Crippen LogP contribution in [-0.4, -0.2) is 19.1 Å². The minimum atomic E-state index is -0.125. The second-order valence-electron chi connectivity index (χ2n) is 7.47. The number of halogens is 1. The van der Waals surface area contributed by atoms with Crippen LogP contribution in [-0.2, 0) is 6.42 Å².